The highest BCUT2D eigenvalue weighted by molar-refractivity contribution is 5.76. The van der Waals surface area contributed by atoms with Crippen LogP contribution < -0.4 is 5.73 Å². The van der Waals surface area contributed by atoms with Gasteiger partial charge in [-0.25, -0.2) is 4.98 Å². The molecule has 1 aromatic heterocycles. The third-order valence-electron chi connectivity index (χ3n) is 4.26. The van der Waals surface area contributed by atoms with Gasteiger partial charge in [-0.3, -0.25) is 0 Å². The maximum atomic E-state index is 8.94. The van der Waals surface area contributed by atoms with Gasteiger partial charge in [-0.15, -0.1) is 0 Å². The molecule has 0 aliphatic carbocycles. The van der Waals surface area contributed by atoms with Crippen LogP contribution in [0.2, 0.25) is 0 Å². The fourth-order valence-corrected chi connectivity index (χ4v) is 2.96. The Morgan fingerprint density at radius 2 is 1.79 bits per heavy atom. The van der Waals surface area contributed by atoms with Crippen LogP contribution in [0.25, 0.3) is 11.0 Å². The summed E-state index contributed by atoms with van der Waals surface area (Å²) in [5, 5.41) is 8.94. The van der Waals surface area contributed by atoms with Crippen molar-refractivity contribution in [2.24, 2.45) is 5.73 Å². The zero-order chi connectivity index (χ0) is 16.8. The second kappa shape index (κ2) is 7.76. The third-order valence-corrected chi connectivity index (χ3v) is 4.26. The standard InChI is InChI=1S/C20H22N4/c21-13-5-1-2-8-20-23-18-6-3-4-7-19(18)24(20)15-17-11-9-16(14-22)10-12-17/h3-4,6-7,9-12H,1-2,5,8,13,15,21H2. The summed E-state index contributed by atoms with van der Waals surface area (Å²) >= 11 is 0. The molecule has 0 radical (unpaired) electrons. The number of aromatic nitrogens is 2. The summed E-state index contributed by atoms with van der Waals surface area (Å²) in [4.78, 5) is 4.82. The number of fused-ring (bicyclic) bond motifs is 1. The van der Waals surface area contributed by atoms with Crippen LogP contribution in [-0.4, -0.2) is 16.1 Å². The fraction of sp³-hybridized carbons (Fsp3) is 0.300. The maximum Gasteiger partial charge on any atom is 0.110 e. The molecule has 0 aliphatic heterocycles. The van der Waals surface area contributed by atoms with E-state index in [1.807, 2.05) is 30.3 Å². The van der Waals surface area contributed by atoms with Crippen molar-refractivity contribution in [2.45, 2.75) is 32.2 Å². The van der Waals surface area contributed by atoms with Gasteiger partial charge in [0.2, 0.25) is 0 Å². The number of para-hydroxylation sites is 2. The van der Waals surface area contributed by atoms with E-state index in [0.717, 1.165) is 55.6 Å². The lowest BCUT2D eigenvalue weighted by Gasteiger charge is -2.10. The molecular weight excluding hydrogens is 296 g/mol. The van der Waals surface area contributed by atoms with E-state index in [2.05, 4.69) is 28.8 Å². The van der Waals surface area contributed by atoms with E-state index < -0.39 is 0 Å². The Bertz CT molecular complexity index is 840. The van der Waals surface area contributed by atoms with Crippen LogP contribution in [-0.2, 0) is 13.0 Å². The number of nitrogens with zero attached hydrogens (tertiary/aromatic N) is 3. The van der Waals surface area contributed by atoms with Gasteiger partial charge < -0.3 is 10.3 Å². The molecule has 0 amide bonds. The first-order chi connectivity index (χ1) is 11.8. The molecule has 1 heterocycles. The highest BCUT2D eigenvalue weighted by Crippen LogP contribution is 2.20. The van der Waals surface area contributed by atoms with Crippen LogP contribution in [0.1, 0.15) is 36.2 Å². The Labute approximate surface area is 142 Å². The fourth-order valence-electron chi connectivity index (χ4n) is 2.96. The summed E-state index contributed by atoms with van der Waals surface area (Å²) in [5.74, 6) is 1.12. The van der Waals surface area contributed by atoms with Gasteiger partial charge in [0.25, 0.3) is 0 Å². The molecule has 3 aromatic rings. The van der Waals surface area contributed by atoms with Crippen molar-refractivity contribution in [1.82, 2.24) is 9.55 Å². The number of hydrogen-bond acceptors (Lipinski definition) is 3. The first kappa shape index (κ1) is 16.2. The van der Waals surface area contributed by atoms with Crippen LogP contribution in [0.4, 0.5) is 0 Å². The summed E-state index contributed by atoms with van der Waals surface area (Å²) in [5.41, 5.74) is 9.66. The molecule has 0 atom stereocenters. The molecule has 0 saturated heterocycles. The zero-order valence-corrected chi connectivity index (χ0v) is 13.8. The minimum Gasteiger partial charge on any atom is -0.330 e. The van der Waals surface area contributed by atoms with Gasteiger partial charge in [-0.2, -0.15) is 5.26 Å². The number of aryl methyl sites for hydroxylation is 1. The number of imidazole rings is 1. The Hall–Kier alpha value is -2.64. The lowest BCUT2D eigenvalue weighted by atomic mass is 10.1. The normalized spacial score (nSPS) is 10.8. The maximum absolute atomic E-state index is 8.94. The molecule has 24 heavy (non-hydrogen) atoms. The summed E-state index contributed by atoms with van der Waals surface area (Å²) in [6.45, 7) is 1.53. The molecule has 122 valence electrons. The SMILES string of the molecule is N#Cc1ccc(Cn2c(CCCCCN)nc3ccccc32)cc1. The van der Waals surface area contributed by atoms with Crippen LogP contribution in [0, 0.1) is 11.3 Å². The Kier molecular flexibility index (Phi) is 5.25. The molecule has 2 aromatic carbocycles. The number of nitrogens with two attached hydrogens (primary N) is 1. The molecule has 4 heteroatoms. The summed E-state index contributed by atoms with van der Waals surface area (Å²) < 4.78 is 2.29. The van der Waals surface area contributed by atoms with Crippen LogP contribution in [0.3, 0.4) is 0 Å². The predicted octanol–water partition coefficient (Wildman–Crippen LogP) is 3.63. The number of rotatable bonds is 7. The van der Waals surface area contributed by atoms with Crippen LogP contribution in [0.15, 0.2) is 48.5 Å². The third kappa shape index (κ3) is 3.64. The van der Waals surface area contributed by atoms with E-state index in [9.17, 15) is 0 Å². The van der Waals surface area contributed by atoms with Gasteiger partial charge in [0.1, 0.15) is 5.82 Å². The summed E-state index contributed by atoms with van der Waals surface area (Å²) in [6, 6.07) is 18.2. The molecule has 0 saturated carbocycles. The van der Waals surface area contributed by atoms with Gasteiger partial charge in [0, 0.05) is 13.0 Å². The second-order valence-electron chi connectivity index (χ2n) is 6.01. The molecule has 3 rings (SSSR count). The molecule has 4 nitrogen and oxygen atoms in total. The Morgan fingerprint density at radius 1 is 1.00 bits per heavy atom. The Balaban J connectivity index is 1.87. The zero-order valence-electron chi connectivity index (χ0n) is 13.8. The number of unbranched alkanes of at least 4 members (excludes halogenated alkanes) is 2. The van der Waals surface area contributed by atoms with Gasteiger partial charge in [0.15, 0.2) is 0 Å². The number of nitriles is 1. The quantitative estimate of drug-likeness (QED) is 0.676. The molecule has 0 fully saturated rings. The van der Waals surface area contributed by atoms with Gasteiger partial charge in [0.05, 0.1) is 22.7 Å². The van der Waals surface area contributed by atoms with Crippen molar-refractivity contribution >= 4 is 11.0 Å². The second-order valence-corrected chi connectivity index (χ2v) is 6.01. The molecule has 0 unspecified atom stereocenters. The number of hydrogen-bond donors (Lipinski definition) is 1. The van der Waals surface area contributed by atoms with Gasteiger partial charge in [-0.1, -0.05) is 30.7 Å². The van der Waals surface area contributed by atoms with Gasteiger partial charge in [-0.05, 0) is 49.2 Å². The van der Waals surface area contributed by atoms with E-state index in [4.69, 9.17) is 16.0 Å². The average Bonchev–Trinajstić information content (AvgIpc) is 2.97. The topological polar surface area (TPSA) is 67.6 Å². The predicted molar refractivity (Wildman–Crippen MR) is 96.6 cm³/mol. The first-order valence-electron chi connectivity index (χ1n) is 8.45. The van der Waals surface area contributed by atoms with Crippen molar-refractivity contribution in [3.8, 4) is 6.07 Å². The van der Waals surface area contributed by atoms with Crippen molar-refractivity contribution in [3.63, 3.8) is 0 Å². The van der Waals surface area contributed by atoms with Gasteiger partial charge >= 0.3 is 0 Å². The highest BCUT2D eigenvalue weighted by atomic mass is 15.1. The lowest BCUT2D eigenvalue weighted by molar-refractivity contribution is 0.644. The van der Waals surface area contributed by atoms with E-state index in [0.29, 0.717) is 5.56 Å². The van der Waals surface area contributed by atoms with Crippen molar-refractivity contribution in [3.05, 3.63) is 65.5 Å². The molecular formula is C20H22N4. The minimum atomic E-state index is 0.691. The highest BCUT2D eigenvalue weighted by Gasteiger charge is 2.10. The van der Waals surface area contributed by atoms with E-state index >= 15 is 0 Å². The van der Waals surface area contributed by atoms with E-state index in [1.54, 1.807) is 0 Å². The average molecular weight is 318 g/mol. The number of benzene rings is 2. The van der Waals surface area contributed by atoms with Crippen LogP contribution in [0.5, 0.6) is 0 Å². The Morgan fingerprint density at radius 3 is 2.54 bits per heavy atom. The largest absolute Gasteiger partial charge is 0.330 e. The van der Waals surface area contributed by atoms with Crippen molar-refractivity contribution in [2.75, 3.05) is 6.54 Å². The lowest BCUT2D eigenvalue weighted by Crippen LogP contribution is -2.06. The van der Waals surface area contributed by atoms with Crippen molar-refractivity contribution < 1.29 is 0 Å². The molecule has 0 bridgehead atoms. The summed E-state index contributed by atoms with van der Waals surface area (Å²) in [7, 11) is 0. The minimum absolute atomic E-state index is 0.691. The van der Waals surface area contributed by atoms with Crippen LogP contribution >= 0.6 is 0 Å². The molecule has 0 spiro atoms. The monoisotopic (exact) mass is 318 g/mol. The van der Waals surface area contributed by atoms with E-state index in [1.165, 1.54) is 5.56 Å². The summed E-state index contributed by atoms with van der Waals surface area (Å²) in [6.07, 6.45) is 4.27. The smallest absolute Gasteiger partial charge is 0.110 e. The van der Waals surface area contributed by atoms with E-state index in [-0.39, 0.29) is 0 Å². The molecule has 0 aliphatic rings. The molecule has 2 N–H and O–H groups in total. The first-order valence-corrected chi connectivity index (χ1v) is 8.45. The van der Waals surface area contributed by atoms with Crippen molar-refractivity contribution in [1.29, 1.82) is 5.26 Å².